The molecule has 0 aromatic heterocycles. The molecular formula is C13H18O2. The number of carboxylic acids is 1. The van der Waals surface area contributed by atoms with Gasteiger partial charge in [-0.25, -0.2) is 4.79 Å². The Bertz CT molecular complexity index is 310. The molecule has 0 spiro atoms. The summed E-state index contributed by atoms with van der Waals surface area (Å²) in [6.07, 6.45) is 3.73. The maximum absolute atomic E-state index is 10.2. The van der Waals surface area contributed by atoms with Crippen LogP contribution in [-0.4, -0.2) is 11.1 Å². The highest BCUT2D eigenvalue weighted by molar-refractivity contribution is 5.85. The van der Waals surface area contributed by atoms with E-state index in [2.05, 4.69) is 6.92 Å². The second-order valence-electron chi connectivity index (χ2n) is 2.77. The van der Waals surface area contributed by atoms with E-state index in [4.69, 9.17) is 5.11 Å². The van der Waals surface area contributed by atoms with E-state index in [0.29, 0.717) is 0 Å². The Balaban J connectivity index is 0.000000921. The van der Waals surface area contributed by atoms with Crippen LogP contribution in [0.4, 0.5) is 0 Å². The Hall–Kier alpha value is -1.57. The SMILES string of the molecule is CC.CCc1ccc(C=CC(=O)O)cc1. The highest BCUT2D eigenvalue weighted by atomic mass is 16.4. The van der Waals surface area contributed by atoms with E-state index in [9.17, 15) is 4.79 Å². The van der Waals surface area contributed by atoms with Crippen molar-refractivity contribution in [3.63, 3.8) is 0 Å². The van der Waals surface area contributed by atoms with Crippen molar-refractivity contribution in [2.45, 2.75) is 27.2 Å². The third-order valence-electron chi connectivity index (χ3n) is 1.81. The Kier molecular flexibility index (Phi) is 6.98. The molecule has 0 unspecified atom stereocenters. The van der Waals surface area contributed by atoms with Crippen LogP contribution in [0.3, 0.4) is 0 Å². The smallest absolute Gasteiger partial charge is 0.328 e. The molecule has 1 aromatic carbocycles. The summed E-state index contributed by atoms with van der Waals surface area (Å²) in [4.78, 5) is 10.2. The van der Waals surface area contributed by atoms with Crippen LogP contribution in [0.2, 0.25) is 0 Å². The standard InChI is InChI=1S/C11H12O2.C2H6/c1-2-9-3-5-10(6-4-9)7-8-11(12)13;1-2/h3-8H,2H2,1H3,(H,12,13);1-2H3. The first-order chi connectivity index (χ1) is 7.22. The first kappa shape index (κ1) is 13.4. The van der Waals surface area contributed by atoms with Crippen LogP contribution < -0.4 is 0 Å². The lowest BCUT2D eigenvalue weighted by molar-refractivity contribution is -0.131. The summed E-state index contributed by atoms with van der Waals surface area (Å²) < 4.78 is 0. The van der Waals surface area contributed by atoms with Crippen molar-refractivity contribution in [1.82, 2.24) is 0 Å². The van der Waals surface area contributed by atoms with Gasteiger partial charge in [-0.1, -0.05) is 45.0 Å². The van der Waals surface area contributed by atoms with Gasteiger partial charge in [-0.2, -0.15) is 0 Å². The average Bonchev–Trinajstić information content (AvgIpc) is 2.30. The van der Waals surface area contributed by atoms with E-state index in [0.717, 1.165) is 18.1 Å². The van der Waals surface area contributed by atoms with Crippen LogP contribution in [0, 0.1) is 0 Å². The third kappa shape index (κ3) is 5.68. The van der Waals surface area contributed by atoms with Gasteiger partial charge in [0.15, 0.2) is 0 Å². The van der Waals surface area contributed by atoms with E-state index in [1.807, 2.05) is 38.1 Å². The minimum atomic E-state index is -0.917. The molecule has 2 heteroatoms. The van der Waals surface area contributed by atoms with Gasteiger partial charge in [-0.05, 0) is 23.6 Å². The fraction of sp³-hybridized carbons (Fsp3) is 0.308. The molecule has 2 nitrogen and oxygen atoms in total. The number of carboxylic acid groups (broad SMARTS) is 1. The molecule has 0 aliphatic carbocycles. The molecule has 0 heterocycles. The molecule has 0 saturated carbocycles. The van der Waals surface area contributed by atoms with Crippen LogP contribution in [0.25, 0.3) is 6.08 Å². The molecule has 0 saturated heterocycles. The number of aryl methyl sites for hydroxylation is 1. The summed E-state index contributed by atoms with van der Waals surface area (Å²) >= 11 is 0. The molecule has 0 aliphatic rings. The monoisotopic (exact) mass is 206 g/mol. The lowest BCUT2D eigenvalue weighted by atomic mass is 10.1. The van der Waals surface area contributed by atoms with E-state index in [-0.39, 0.29) is 0 Å². The molecular weight excluding hydrogens is 188 g/mol. The first-order valence-corrected chi connectivity index (χ1v) is 5.22. The fourth-order valence-corrected chi connectivity index (χ4v) is 1.03. The predicted molar refractivity (Wildman–Crippen MR) is 63.8 cm³/mol. The number of hydrogen-bond acceptors (Lipinski definition) is 1. The van der Waals surface area contributed by atoms with Crippen LogP contribution in [0.15, 0.2) is 30.3 Å². The maximum atomic E-state index is 10.2. The van der Waals surface area contributed by atoms with Gasteiger partial charge in [0, 0.05) is 6.08 Å². The summed E-state index contributed by atoms with van der Waals surface area (Å²) in [6, 6.07) is 7.83. The highest BCUT2D eigenvalue weighted by Crippen LogP contribution is 2.06. The first-order valence-electron chi connectivity index (χ1n) is 5.22. The summed E-state index contributed by atoms with van der Waals surface area (Å²) in [6.45, 7) is 6.09. The molecule has 0 aliphatic heterocycles. The summed E-state index contributed by atoms with van der Waals surface area (Å²) in [5.41, 5.74) is 2.17. The van der Waals surface area contributed by atoms with Crippen LogP contribution in [0.1, 0.15) is 31.9 Å². The maximum Gasteiger partial charge on any atom is 0.328 e. The van der Waals surface area contributed by atoms with Gasteiger partial charge in [0.2, 0.25) is 0 Å². The van der Waals surface area contributed by atoms with Crippen molar-refractivity contribution in [3.8, 4) is 0 Å². The topological polar surface area (TPSA) is 37.3 Å². The molecule has 0 atom stereocenters. The van der Waals surface area contributed by atoms with Crippen molar-refractivity contribution in [2.24, 2.45) is 0 Å². The van der Waals surface area contributed by atoms with Gasteiger partial charge in [0.25, 0.3) is 0 Å². The second-order valence-corrected chi connectivity index (χ2v) is 2.77. The van der Waals surface area contributed by atoms with Crippen LogP contribution in [-0.2, 0) is 11.2 Å². The van der Waals surface area contributed by atoms with Crippen molar-refractivity contribution >= 4 is 12.0 Å². The summed E-state index contributed by atoms with van der Waals surface area (Å²) in [7, 11) is 0. The predicted octanol–water partition coefficient (Wildman–Crippen LogP) is 3.37. The molecule has 1 N–H and O–H groups in total. The van der Waals surface area contributed by atoms with Crippen LogP contribution >= 0.6 is 0 Å². The molecule has 0 radical (unpaired) electrons. The Morgan fingerprint density at radius 2 is 1.80 bits per heavy atom. The molecule has 1 rings (SSSR count). The van der Waals surface area contributed by atoms with Gasteiger partial charge in [-0.15, -0.1) is 0 Å². The van der Waals surface area contributed by atoms with Gasteiger partial charge in [-0.3, -0.25) is 0 Å². The zero-order valence-corrected chi connectivity index (χ0v) is 9.53. The lowest BCUT2D eigenvalue weighted by Crippen LogP contribution is -1.85. The molecule has 1 aromatic rings. The lowest BCUT2D eigenvalue weighted by Gasteiger charge is -1.96. The van der Waals surface area contributed by atoms with Crippen molar-refractivity contribution in [3.05, 3.63) is 41.5 Å². The van der Waals surface area contributed by atoms with E-state index < -0.39 is 5.97 Å². The molecule has 82 valence electrons. The van der Waals surface area contributed by atoms with Gasteiger partial charge >= 0.3 is 5.97 Å². The zero-order valence-electron chi connectivity index (χ0n) is 9.53. The number of benzene rings is 1. The fourth-order valence-electron chi connectivity index (χ4n) is 1.03. The molecule has 15 heavy (non-hydrogen) atoms. The second kappa shape index (κ2) is 7.80. The van der Waals surface area contributed by atoms with Crippen LogP contribution in [0.5, 0.6) is 0 Å². The van der Waals surface area contributed by atoms with Gasteiger partial charge in [0.05, 0.1) is 0 Å². The molecule has 0 amide bonds. The largest absolute Gasteiger partial charge is 0.478 e. The van der Waals surface area contributed by atoms with E-state index >= 15 is 0 Å². The quantitative estimate of drug-likeness (QED) is 0.770. The normalized spacial score (nSPS) is 9.53. The molecule has 0 bridgehead atoms. The third-order valence-corrected chi connectivity index (χ3v) is 1.81. The summed E-state index contributed by atoms with van der Waals surface area (Å²) in [5, 5.41) is 8.39. The molecule has 0 fully saturated rings. The highest BCUT2D eigenvalue weighted by Gasteiger charge is 1.90. The average molecular weight is 206 g/mol. The number of hydrogen-bond donors (Lipinski definition) is 1. The minimum absolute atomic E-state index is 0.916. The van der Waals surface area contributed by atoms with Crippen molar-refractivity contribution in [1.29, 1.82) is 0 Å². The van der Waals surface area contributed by atoms with E-state index in [1.54, 1.807) is 6.08 Å². The Morgan fingerprint density at radius 3 is 2.20 bits per heavy atom. The zero-order chi connectivity index (χ0) is 11.7. The number of rotatable bonds is 3. The van der Waals surface area contributed by atoms with E-state index in [1.165, 1.54) is 5.56 Å². The number of aliphatic carboxylic acids is 1. The van der Waals surface area contributed by atoms with Gasteiger partial charge in [0.1, 0.15) is 0 Å². The Labute approximate surface area is 91.3 Å². The summed E-state index contributed by atoms with van der Waals surface area (Å²) in [5.74, 6) is -0.917. The Morgan fingerprint density at radius 1 is 1.27 bits per heavy atom. The van der Waals surface area contributed by atoms with Crippen molar-refractivity contribution < 1.29 is 9.90 Å². The number of carbonyl (C=O) groups is 1. The minimum Gasteiger partial charge on any atom is -0.478 e. The van der Waals surface area contributed by atoms with Crippen molar-refractivity contribution in [2.75, 3.05) is 0 Å². The van der Waals surface area contributed by atoms with Gasteiger partial charge < -0.3 is 5.11 Å².